The van der Waals surface area contributed by atoms with Crippen LogP contribution in [0.3, 0.4) is 0 Å². The van der Waals surface area contributed by atoms with Gasteiger partial charge in [-0.25, -0.2) is 12.5 Å². The monoisotopic (exact) mass is 562 g/mol. The number of hydrogen-bond acceptors (Lipinski definition) is 4. The van der Waals surface area contributed by atoms with Gasteiger partial charge in [0.05, 0.1) is 22.9 Å². The van der Waals surface area contributed by atoms with Crippen molar-refractivity contribution in [1.29, 1.82) is 0 Å². The average molecular weight is 562 g/mol. The minimum Gasteiger partial charge on any atom is -0.383 e. The number of halogens is 2. The second kappa shape index (κ2) is 10.5. The summed E-state index contributed by atoms with van der Waals surface area (Å²) in [5.74, 6) is 1.40. The van der Waals surface area contributed by atoms with Crippen LogP contribution in [-0.2, 0) is 4.79 Å². The number of allylic oxidation sites excluding steroid dienone is 2. The van der Waals surface area contributed by atoms with E-state index in [-0.39, 0.29) is 11.8 Å². The number of pyridine rings is 1. The first-order chi connectivity index (χ1) is 15.8. The largest absolute Gasteiger partial charge is 0.383 e. The number of benzene rings is 1. The molecule has 1 amide bonds. The van der Waals surface area contributed by atoms with Crippen molar-refractivity contribution in [3.63, 3.8) is 0 Å². The lowest BCUT2D eigenvalue weighted by atomic mass is 9.81. The van der Waals surface area contributed by atoms with Crippen LogP contribution in [0.1, 0.15) is 31.2 Å². The summed E-state index contributed by atoms with van der Waals surface area (Å²) >= 11 is 2.09. The summed E-state index contributed by atoms with van der Waals surface area (Å²) in [6.45, 7) is 6.07. The maximum atomic E-state index is 13.2. The Labute approximate surface area is 209 Å². The fraction of sp³-hybridized carbons (Fsp3) is 0.462. The number of amides is 1. The van der Waals surface area contributed by atoms with Crippen molar-refractivity contribution in [2.75, 3.05) is 36.8 Å². The second-order valence-electron chi connectivity index (χ2n) is 9.51. The van der Waals surface area contributed by atoms with Crippen LogP contribution in [0.2, 0.25) is 0 Å². The highest BCUT2D eigenvalue weighted by molar-refractivity contribution is 14.1. The van der Waals surface area contributed by atoms with Gasteiger partial charge in [0.2, 0.25) is 5.91 Å². The van der Waals surface area contributed by atoms with Gasteiger partial charge in [0.25, 0.3) is 0 Å². The van der Waals surface area contributed by atoms with Gasteiger partial charge in [0.1, 0.15) is 12.0 Å². The molecular weight excluding hydrogens is 530 g/mol. The lowest BCUT2D eigenvalue weighted by Crippen LogP contribution is -2.50. The van der Waals surface area contributed by atoms with E-state index in [0.717, 1.165) is 54.1 Å². The first-order valence-corrected chi connectivity index (χ1v) is 12.6. The molecule has 2 aromatic rings. The van der Waals surface area contributed by atoms with Gasteiger partial charge in [0, 0.05) is 57.4 Å². The average Bonchev–Trinajstić information content (AvgIpc) is 2.80. The molecule has 1 aromatic heterocycles. The number of alkyl halides is 1. The zero-order chi connectivity index (χ0) is 23.5. The number of likely N-dealkylation sites (tertiary alicyclic amines) is 1. The molecule has 1 saturated heterocycles. The summed E-state index contributed by atoms with van der Waals surface area (Å²) in [5, 5.41) is 2.08. The minimum atomic E-state index is -0.645. The van der Waals surface area contributed by atoms with Gasteiger partial charge < -0.3 is 4.90 Å². The Morgan fingerprint density at radius 2 is 1.94 bits per heavy atom. The standard InChI is InChI=1S/C26H32FIN4O/c1-4-19(15-30(2)3)21-9-10-22-13-29-25(12-23(22)11-21)32(28)26(33)20-7-5-18(6-8-20)14-31-16-24(27)17-31/h4,9-13,15,18,20,24H,1,5-8,14,16-17H2,2-3H3/b19-15+. The Hall–Kier alpha value is -2.00. The Morgan fingerprint density at radius 3 is 2.58 bits per heavy atom. The number of nitrogens with zero attached hydrogens (tertiary/aromatic N) is 4. The van der Waals surface area contributed by atoms with E-state index in [1.54, 1.807) is 3.11 Å². The van der Waals surface area contributed by atoms with Crippen LogP contribution in [0, 0.1) is 11.8 Å². The van der Waals surface area contributed by atoms with E-state index in [2.05, 4.69) is 57.5 Å². The second-order valence-corrected chi connectivity index (χ2v) is 10.5. The van der Waals surface area contributed by atoms with Crippen LogP contribution >= 0.6 is 22.9 Å². The van der Waals surface area contributed by atoms with Crippen molar-refractivity contribution < 1.29 is 9.18 Å². The molecule has 2 heterocycles. The Balaban J connectivity index is 1.43. The number of carbonyl (C=O) groups excluding carboxylic acids is 1. The first-order valence-electron chi connectivity index (χ1n) is 11.6. The van der Waals surface area contributed by atoms with E-state index < -0.39 is 6.17 Å². The van der Waals surface area contributed by atoms with E-state index >= 15 is 0 Å². The van der Waals surface area contributed by atoms with E-state index in [1.165, 1.54) is 0 Å². The Bertz CT molecular complexity index is 1040. The van der Waals surface area contributed by atoms with Crippen LogP contribution < -0.4 is 3.11 Å². The van der Waals surface area contributed by atoms with Crippen molar-refractivity contribution in [2.24, 2.45) is 11.8 Å². The molecule has 1 aromatic carbocycles. The zero-order valence-electron chi connectivity index (χ0n) is 19.4. The summed E-state index contributed by atoms with van der Waals surface area (Å²) in [6, 6.07) is 8.23. The molecule has 0 N–H and O–H groups in total. The molecule has 0 radical (unpaired) electrons. The molecule has 5 nitrogen and oxygen atoms in total. The van der Waals surface area contributed by atoms with Crippen LogP contribution in [0.4, 0.5) is 10.2 Å². The van der Waals surface area contributed by atoms with Crippen molar-refractivity contribution in [3.8, 4) is 0 Å². The molecule has 2 fully saturated rings. The summed E-state index contributed by atoms with van der Waals surface area (Å²) in [4.78, 5) is 22.0. The van der Waals surface area contributed by atoms with Crippen LogP contribution in [0.25, 0.3) is 16.3 Å². The van der Waals surface area contributed by atoms with Gasteiger partial charge in [-0.2, -0.15) is 0 Å². The third kappa shape index (κ3) is 5.74. The van der Waals surface area contributed by atoms with Gasteiger partial charge in [-0.15, -0.1) is 0 Å². The lowest BCUT2D eigenvalue weighted by molar-refractivity contribution is -0.122. The summed E-state index contributed by atoms with van der Waals surface area (Å²) in [5.41, 5.74) is 2.12. The molecule has 1 aliphatic heterocycles. The molecule has 1 aliphatic carbocycles. The van der Waals surface area contributed by atoms with E-state index in [0.29, 0.717) is 24.8 Å². The van der Waals surface area contributed by atoms with Gasteiger partial charge in [0.15, 0.2) is 0 Å². The topological polar surface area (TPSA) is 39.7 Å². The summed E-state index contributed by atoms with van der Waals surface area (Å²) in [7, 11) is 3.98. The molecule has 0 unspecified atom stereocenters. The predicted molar refractivity (Wildman–Crippen MR) is 142 cm³/mol. The number of rotatable bonds is 7. The highest BCUT2D eigenvalue weighted by Crippen LogP contribution is 2.34. The SMILES string of the molecule is C=C/C(=C\N(C)C)c1ccc2cnc(N(I)C(=O)C3CCC(CN4CC(F)C4)CC3)cc2c1. The van der Waals surface area contributed by atoms with E-state index in [1.807, 2.05) is 43.5 Å². The molecule has 2 aliphatic rings. The van der Waals surface area contributed by atoms with Crippen molar-refractivity contribution in [1.82, 2.24) is 14.8 Å². The smallest absolute Gasteiger partial charge is 0.240 e. The van der Waals surface area contributed by atoms with Gasteiger partial charge in [-0.1, -0.05) is 24.8 Å². The van der Waals surface area contributed by atoms with E-state index in [4.69, 9.17) is 0 Å². The molecule has 0 atom stereocenters. The summed E-state index contributed by atoms with van der Waals surface area (Å²) < 4.78 is 14.7. The molecule has 7 heteroatoms. The van der Waals surface area contributed by atoms with Crippen molar-refractivity contribution in [3.05, 3.63) is 54.9 Å². The van der Waals surface area contributed by atoms with Crippen LogP contribution in [-0.4, -0.2) is 60.6 Å². The lowest BCUT2D eigenvalue weighted by Gasteiger charge is -2.39. The predicted octanol–water partition coefficient (Wildman–Crippen LogP) is 5.47. The van der Waals surface area contributed by atoms with E-state index in [9.17, 15) is 9.18 Å². The first kappa shape index (κ1) is 24.1. The number of fused-ring (bicyclic) bond motifs is 1. The number of anilines is 1. The molecule has 176 valence electrons. The Morgan fingerprint density at radius 1 is 1.21 bits per heavy atom. The highest BCUT2D eigenvalue weighted by atomic mass is 127. The van der Waals surface area contributed by atoms with Crippen molar-refractivity contribution in [2.45, 2.75) is 31.9 Å². The maximum absolute atomic E-state index is 13.2. The number of carbonyl (C=O) groups is 1. The van der Waals surface area contributed by atoms with Gasteiger partial charge in [-0.3, -0.25) is 9.69 Å². The molecule has 0 bridgehead atoms. The fourth-order valence-corrected chi connectivity index (χ4v) is 5.48. The number of hydrogen-bond donors (Lipinski definition) is 0. The van der Waals surface area contributed by atoms with Gasteiger partial charge >= 0.3 is 0 Å². The zero-order valence-corrected chi connectivity index (χ0v) is 21.5. The third-order valence-electron chi connectivity index (χ3n) is 6.68. The van der Waals surface area contributed by atoms with Crippen molar-refractivity contribution >= 4 is 50.9 Å². The number of aromatic nitrogens is 1. The Kier molecular flexibility index (Phi) is 7.69. The van der Waals surface area contributed by atoms with Crippen LogP contribution in [0.15, 0.2) is 49.3 Å². The highest BCUT2D eigenvalue weighted by Gasteiger charge is 2.33. The molecule has 1 saturated carbocycles. The molecule has 4 rings (SSSR count). The minimum absolute atomic E-state index is 0.0303. The quantitative estimate of drug-likeness (QED) is 0.255. The fourth-order valence-electron chi connectivity index (χ4n) is 4.83. The van der Waals surface area contributed by atoms with Crippen LogP contribution in [0.5, 0.6) is 0 Å². The normalized spacial score (nSPS) is 22.1. The molecular formula is C26H32FIN4O. The third-order valence-corrected chi connectivity index (χ3v) is 7.65. The summed E-state index contributed by atoms with van der Waals surface area (Å²) in [6.07, 6.45) is 8.94. The van der Waals surface area contributed by atoms with Gasteiger partial charge in [-0.05, 0) is 60.3 Å². The molecule has 33 heavy (non-hydrogen) atoms. The molecule has 0 spiro atoms. The maximum Gasteiger partial charge on any atom is 0.240 e.